The number of benzene rings is 2. The van der Waals surface area contributed by atoms with E-state index in [-0.39, 0.29) is 5.41 Å². The third kappa shape index (κ3) is 5.17. The maximum atomic E-state index is 4.69. The number of hydrogen-bond donors (Lipinski definition) is 0. The number of thiazole rings is 1. The molecule has 1 aliphatic carbocycles. The summed E-state index contributed by atoms with van der Waals surface area (Å²) in [7, 11) is 2.10. The number of allylic oxidation sites excluding steroid dienone is 6. The van der Waals surface area contributed by atoms with Crippen LogP contribution in [0.4, 0.5) is 5.69 Å². The minimum Gasteiger partial charge on any atom is -0.351 e. The lowest BCUT2D eigenvalue weighted by molar-refractivity contribution is 0.355. The minimum absolute atomic E-state index is 0.259. The van der Waals surface area contributed by atoms with Crippen LogP contribution in [0.15, 0.2) is 96.2 Å². The molecule has 0 saturated carbocycles. The predicted molar refractivity (Wildman–Crippen MR) is 132 cm³/mol. The molecule has 0 radical (unpaired) electrons. The van der Waals surface area contributed by atoms with Crippen molar-refractivity contribution in [3.63, 3.8) is 0 Å². The Bertz CT molecular complexity index is 1100. The average Bonchev–Trinajstić information content (AvgIpc) is 3.14. The van der Waals surface area contributed by atoms with Crippen molar-refractivity contribution in [1.29, 1.82) is 0 Å². The Kier molecular flexibility index (Phi) is 6.01. The zero-order chi connectivity index (χ0) is 21.0. The second-order valence-corrected chi connectivity index (χ2v) is 9.68. The van der Waals surface area contributed by atoms with Gasteiger partial charge in [-0.15, -0.1) is 11.3 Å². The van der Waals surface area contributed by atoms with E-state index in [9.17, 15) is 0 Å². The highest BCUT2D eigenvalue weighted by Gasteiger charge is 2.24. The zero-order valence-electron chi connectivity index (χ0n) is 17.9. The Morgan fingerprint density at radius 1 is 0.967 bits per heavy atom. The van der Waals surface area contributed by atoms with Gasteiger partial charge in [-0.05, 0) is 65.8 Å². The van der Waals surface area contributed by atoms with Crippen LogP contribution in [0.5, 0.6) is 0 Å². The third-order valence-corrected chi connectivity index (χ3v) is 6.27. The summed E-state index contributed by atoms with van der Waals surface area (Å²) in [5.41, 5.74) is 5.26. The highest BCUT2D eigenvalue weighted by molar-refractivity contribution is 7.19. The van der Waals surface area contributed by atoms with E-state index in [1.807, 2.05) is 12.1 Å². The maximum Gasteiger partial charge on any atom is 0.117 e. The quantitative estimate of drug-likeness (QED) is 0.428. The van der Waals surface area contributed by atoms with Crippen molar-refractivity contribution in [2.45, 2.75) is 26.7 Å². The van der Waals surface area contributed by atoms with Crippen molar-refractivity contribution in [3.8, 4) is 0 Å². The van der Waals surface area contributed by atoms with Crippen molar-refractivity contribution >= 4 is 33.3 Å². The summed E-state index contributed by atoms with van der Waals surface area (Å²) in [6, 6.07) is 18.7. The molecule has 0 fully saturated rings. The first-order chi connectivity index (χ1) is 14.5. The summed E-state index contributed by atoms with van der Waals surface area (Å²) in [6.07, 6.45) is 15.4. The fourth-order valence-corrected chi connectivity index (χ4v) is 4.77. The van der Waals surface area contributed by atoms with Crippen molar-refractivity contribution in [2.75, 3.05) is 11.9 Å². The molecule has 1 aliphatic rings. The predicted octanol–water partition coefficient (Wildman–Crippen LogP) is 7.63. The lowest BCUT2D eigenvalue weighted by Crippen LogP contribution is -2.17. The Hall–Kier alpha value is -2.91. The first-order valence-corrected chi connectivity index (χ1v) is 11.2. The molecule has 0 saturated heterocycles. The Morgan fingerprint density at radius 2 is 1.73 bits per heavy atom. The topological polar surface area (TPSA) is 16.1 Å². The number of hydrogen-bond acceptors (Lipinski definition) is 3. The highest BCUT2D eigenvalue weighted by Crippen LogP contribution is 2.38. The molecule has 30 heavy (non-hydrogen) atoms. The first-order valence-electron chi connectivity index (χ1n) is 10.4. The van der Waals surface area contributed by atoms with Gasteiger partial charge >= 0.3 is 0 Å². The number of anilines is 1. The molecular formula is C27H28N2S. The van der Waals surface area contributed by atoms with Crippen LogP contribution in [0, 0.1) is 5.41 Å². The molecule has 1 heterocycles. The molecule has 2 nitrogen and oxygen atoms in total. The van der Waals surface area contributed by atoms with E-state index >= 15 is 0 Å². The fourth-order valence-electron chi connectivity index (χ4n) is 3.89. The van der Waals surface area contributed by atoms with Crippen LogP contribution in [0.25, 0.3) is 16.3 Å². The van der Waals surface area contributed by atoms with Crippen molar-refractivity contribution in [1.82, 2.24) is 4.98 Å². The molecule has 152 valence electrons. The molecule has 0 spiro atoms. The monoisotopic (exact) mass is 412 g/mol. The summed E-state index contributed by atoms with van der Waals surface area (Å²) in [4.78, 5) is 6.85. The molecular weight excluding hydrogens is 384 g/mol. The van der Waals surface area contributed by atoms with E-state index < -0.39 is 0 Å². The van der Waals surface area contributed by atoms with Gasteiger partial charge in [0, 0.05) is 18.9 Å². The normalized spacial score (nSPS) is 17.8. The Balaban J connectivity index is 1.51. The van der Waals surface area contributed by atoms with Gasteiger partial charge in [0.2, 0.25) is 0 Å². The van der Waals surface area contributed by atoms with Gasteiger partial charge in [-0.25, -0.2) is 4.98 Å². The Morgan fingerprint density at radius 3 is 2.53 bits per heavy atom. The number of para-hydroxylation sites is 2. The van der Waals surface area contributed by atoms with Crippen molar-refractivity contribution in [3.05, 3.63) is 101 Å². The van der Waals surface area contributed by atoms with Crippen LogP contribution < -0.4 is 4.90 Å². The zero-order valence-corrected chi connectivity index (χ0v) is 18.7. The summed E-state index contributed by atoms with van der Waals surface area (Å²) in [6.45, 7) is 4.69. The van der Waals surface area contributed by atoms with Crippen LogP contribution in [0.1, 0.15) is 31.7 Å². The largest absolute Gasteiger partial charge is 0.351 e. The van der Waals surface area contributed by atoms with Gasteiger partial charge in [-0.2, -0.15) is 0 Å². The van der Waals surface area contributed by atoms with Crippen LogP contribution in [0.3, 0.4) is 0 Å². The molecule has 1 aromatic heterocycles. The summed E-state index contributed by atoms with van der Waals surface area (Å²) >= 11 is 1.73. The van der Waals surface area contributed by atoms with E-state index in [1.54, 1.807) is 11.3 Å². The molecule has 0 N–H and O–H groups in total. The van der Waals surface area contributed by atoms with Crippen LogP contribution in [-0.2, 0) is 0 Å². The van der Waals surface area contributed by atoms with Gasteiger partial charge in [0.05, 0.1) is 10.2 Å². The van der Waals surface area contributed by atoms with Crippen LogP contribution in [0.2, 0.25) is 0 Å². The van der Waals surface area contributed by atoms with Crippen molar-refractivity contribution in [2.24, 2.45) is 5.41 Å². The molecule has 0 unspecified atom stereocenters. The molecule has 0 atom stereocenters. The summed E-state index contributed by atoms with van der Waals surface area (Å²) < 4.78 is 1.23. The van der Waals surface area contributed by atoms with Gasteiger partial charge in [0.15, 0.2) is 0 Å². The fraction of sp³-hybridized carbons (Fsp3) is 0.222. The van der Waals surface area contributed by atoms with E-state index in [4.69, 9.17) is 0 Å². The highest BCUT2D eigenvalue weighted by atomic mass is 32.1. The maximum absolute atomic E-state index is 4.69. The third-order valence-electron chi connectivity index (χ3n) is 5.27. The SMILES string of the molecule is CN(/C=C/C1=CC(=C/C=C/c2nc3ccccc3s2)/CC(C)(C)C1)c1ccccc1. The number of rotatable bonds is 5. The standard InChI is InChI=1S/C27H28N2S/c1-27(2)19-21(10-9-15-26-28-24-13-7-8-14-25(24)30-26)18-22(20-27)16-17-29(3)23-11-5-4-6-12-23/h4-18H,19-20H2,1-3H3/b15-9+,17-16+,21-10-. The van der Waals surface area contributed by atoms with E-state index in [2.05, 4.69) is 110 Å². The van der Waals surface area contributed by atoms with Crippen LogP contribution in [-0.4, -0.2) is 12.0 Å². The van der Waals surface area contributed by atoms with Gasteiger partial charge in [-0.1, -0.05) is 62.4 Å². The smallest absolute Gasteiger partial charge is 0.117 e. The lowest BCUT2D eigenvalue weighted by Gasteiger charge is -2.30. The minimum atomic E-state index is 0.259. The van der Waals surface area contributed by atoms with Gasteiger partial charge in [0.25, 0.3) is 0 Å². The summed E-state index contributed by atoms with van der Waals surface area (Å²) in [5.74, 6) is 0. The van der Waals surface area contributed by atoms with E-state index in [0.29, 0.717) is 0 Å². The van der Waals surface area contributed by atoms with Gasteiger partial charge in [-0.3, -0.25) is 0 Å². The molecule has 4 rings (SSSR count). The van der Waals surface area contributed by atoms with Crippen LogP contribution >= 0.6 is 11.3 Å². The number of aromatic nitrogens is 1. The summed E-state index contributed by atoms with van der Waals surface area (Å²) in [5, 5.41) is 1.05. The lowest BCUT2D eigenvalue weighted by atomic mass is 9.75. The van der Waals surface area contributed by atoms with E-state index in [0.717, 1.165) is 23.4 Å². The first kappa shape index (κ1) is 20.4. The molecule has 0 bridgehead atoms. The molecule has 3 aromatic rings. The van der Waals surface area contributed by atoms with E-state index in [1.165, 1.54) is 21.5 Å². The molecule has 0 amide bonds. The average molecular weight is 413 g/mol. The van der Waals surface area contributed by atoms with Gasteiger partial charge in [0.1, 0.15) is 5.01 Å². The van der Waals surface area contributed by atoms with Crippen molar-refractivity contribution < 1.29 is 0 Å². The molecule has 2 aromatic carbocycles. The molecule has 3 heteroatoms. The van der Waals surface area contributed by atoms with Gasteiger partial charge < -0.3 is 4.90 Å². The molecule has 0 aliphatic heterocycles. The number of nitrogens with zero attached hydrogens (tertiary/aromatic N) is 2. The second kappa shape index (κ2) is 8.85. The Labute approximate surface area is 183 Å². The second-order valence-electron chi connectivity index (χ2n) is 8.62. The number of fused-ring (bicyclic) bond motifs is 1.